The zero-order valence-electron chi connectivity index (χ0n) is 33.5. The monoisotopic (exact) mass is 806 g/mol. The van der Waals surface area contributed by atoms with E-state index in [1.165, 1.54) is 39.9 Å². The highest BCUT2D eigenvalue weighted by molar-refractivity contribution is 7.59. The van der Waals surface area contributed by atoms with E-state index < -0.39 is 18.2 Å². The SMILES string of the molecule is CC(NC=O)c1cccnc1.COC(=O)NC(C(=O)N1CCCC1c1ncc(-c2ccc(-c3ccc(-c4cnc(C5CC6CCC5C6)[nH]4)cc3)cc2)[nH]1)C(C)OC.S. The maximum Gasteiger partial charge on any atom is 0.407 e. The molecule has 5 aromatic rings. The van der Waals surface area contributed by atoms with Gasteiger partial charge >= 0.3 is 6.09 Å². The predicted octanol–water partition coefficient (Wildman–Crippen LogP) is 7.46. The Kier molecular flexibility index (Phi) is 14.0. The lowest BCUT2D eigenvalue weighted by molar-refractivity contribution is -0.137. The van der Waals surface area contributed by atoms with Crippen LogP contribution in [-0.4, -0.2) is 81.1 Å². The van der Waals surface area contributed by atoms with Crippen molar-refractivity contribution in [2.45, 2.75) is 82.5 Å². The fourth-order valence-electron chi connectivity index (χ4n) is 8.61. The van der Waals surface area contributed by atoms with E-state index in [1.54, 1.807) is 24.2 Å². The molecule has 1 aliphatic heterocycles. The summed E-state index contributed by atoms with van der Waals surface area (Å²) in [6.07, 6.45) is 13.8. The van der Waals surface area contributed by atoms with Gasteiger partial charge in [-0.05, 0) is 91.7 Å². The summed E-state index contributed by atoms with van der Waals surface area (Å²) in [4.78, 5) is 57.8. The summed E-state index contributed by atoms with van der Waals surface area (Å²) in [5.41, 5.74) is 7.42. The maximum absolute atomic E-state index is 13.5. The minimum absolute atomic E-state index is 0. The molecule has 7 unspecified atom stereocenters. The molecule has 4 N–H and O–H groups in total. The molecule has 0 spiro atoms. The van der Waals surface area contributed by atoms with Crippen LogP contribution in [0, 0.1) is 11.8 Å². The molecule has 2 bridgehead atoms. The summed E-state index contributed by atoms with van der Waals surface area (Å²) in [6, 6.07) is 19.8. The number of ether oxygens (including phenoxy) is 2. The molecule has 3 aliphatic rings. The first kappa shape index (κ1) is 42.1. The minimum Gasteiger partial charge on any atom is -0.453 e. The van der Waals surface area contributed by atoms with Gasteiger partial charge in [0.15, 0.2) is 0 Å². The molecule has 0 radical (unpaired) electrons. The molecule has 2 aliphatic carbocycles. The average Bonchev–Trinajstić information content (AvgIpc) is 4.12. The van der Waals surface area contributed by atoms with Crippen molar-refractivity contribution in [1.29, 1.82) is 0 Å². The van der Waals surface area contributed by atoms with Gasteiger partial charge in [0.05, 0.1) is 49.1 Å². The van der Waals surface area contributed by atoms with Crippen LogP contribution in [0.25, 0.3) is 33.6 Å². The number of hydrogen-bond acceptors (Lipinski definition) is 8. The van der Waals surface area contributed by atoms with E-state index in [1.807, 2.05) is 31.5 Å². The number of fused-ring (bicyclic) bond motifs is 2. The first-order valence-corrected chi connectivity index (χ1v) is 19.8. The van der Waals surface area contributed by atoms with Crippen LogP contribution in [0.3, 0.4) is 0 Å². The Hall–Kier alpha value is -5.47. The molecule has 14 heteroatoms. The number of benzene rings is 2. The Morgan fingerprint density at radius 1 is 0.845 bits per heavy atom. The molecule has 8 rings (SSSR count). The van der Waals surface area contributed by atoms with E-state index in [4.69, 9.17) is 14.5 Å². The lowest BCUT2D eigenvalue weighted by Gasteiger charge is -2.30. The number of pyridine rings is 1. The van der Waals surface area contributed by atoms with Crippen LogP contribution < -0.4 is 10.6 Å². The highest BCUT2D eigenvalue weighted by Crippen LogP contribution is 2.52. The van der Waals surface area contributed by atoms with Gasteiger partial charge in [-0.2, -0.15) is 13.5 Å². The van der Waals surface area contributed by atoms with Gasteiger partial charge in [0, 0.05) is 32.0 Å². The number of amides is 3. The smallest absolute Gasteiger partial charge is 0.407 e. The van der Waals surface area contributed by atoms with E-state index >= 15 is 0 Å². The predicted molar refractivity (Wildman–Crippen MR) is 227 cm³/mol. The van der Waals surface area contributed by atoms with Crippen molar-refractivity contribution in [3.05, 3.63) is 103 Å². The van der Waals surface area contributed by atoms with Crippen LogP contribution in [0.2, 0.25) is 0 Å². The van der Waals surface area contributed by atoms with Crippen molar-refractivity contribution >= 4 is 31.9 Å². The Morgan fingerprint density at radius 2 is 1.48 bits per heavy atom. The van der Waals surface area contributed by atoms with Crippen molar-refractivity contribution in [1.82, 2.24) is 40.5 Å². The fourth-order valence-corrected chi connectivity index (χ4v) is 8.61. The molecule has 13 nitrogen and oxygen atoms in total. The van der Waals surface area contributed by atoms with Crippen LogP contribution in [0.15, 0.2) is 85.5 Å². The standard InChI is InChI=1S/C36H42N6O4.C8H10N2O.H2S/c1-21(45-2)32(41-36(44)46-3)35(43)42-16-4-5-31(42)34-38-20-30(40-34)26-14-10-24(11-15-26)23-8-12-25(13-9-23)29-19-37-33(39-29)28-18-22-6-7-27(28)17-22;1-7(10-6-11)8-3-2-4-9-5-8;/h8-15,19-22,27-28,31-32H,4-7,16-18H2,1-3H3,(H,37,39)(H,38,40)(H,41,44);2-7H,1H3,(H,10,11);1H2. The average molecular weight is 807 g/mol. The van der Waals surface area contributed by atoms with Gasteiger partial charge in [0.1, 0.15) is 17.7 Å². The zero-order chi connectivity index (χ0) is 39.9. The second-order valence-electron chi connectivity index (χ2n) is 15.3. The molecule has 3 fully saturated rings. The quantitative estimate of drug-likeness (QED) is 0.0943. The number of likely N-dealkylation sites (tertiary alicyclic amines) is 1. The second-order valence-corrected chi connectivity index (χ2v) is 15.3. The van der Waals surface area contributed by atoms with E-state index in [2.05, 4.69) is 79.1 Å². The lowest BCUT2D eigenvalue weighted by Crippen LogP contribution is -2.54. The molecule has 58 heavy (non-hydrogen) atoms. The number of H-pyrrole nitrogens is 2. The molecule has 3 aromatic heterocycles. The molecule has 4 heterocycles. The minimum atomic E-state index is -0.863. The van der Waals surface area contributed by atoms with E-state index in [-0.39, 0.29) is 31.5 Å². The molecule has 3 amide bonds. The van der Waals surface area contributed by atoms with Gasteiger partial charge < -0.3 is 35.0 Å². The van der Waals surface area contributed by atoms with Gasteiger partial charge in [0.2, 0.25) is 12.3 Å². The third-order valence-corrected chi connectivity index (χ3v) is 11.9. The van der Waals surface area contributed by atoms with Crippen LogP contribution in [-0.2, 0) is 19.1 Å². The lowest BCUT2D eigenvalue weighted by atomic mass is 9.88. The molecule has 2 aromatic carbocycles. The molecule has 306 valence electrons. The molecule has 2 saturated carbocycles. The van der Waals surface area contributed by atoms with Crippen molar-refractivity contribution in [2.24, 2.45) is 11.8 Å². The van der Waals surface area contributed by atoms with Gasteiger partial charge in [-0.1, -0.05) is 61.0 Å². The number of aromatic amines is 2. The Balaban J connectivity index is 0.000000411. The van der Waals surface area contributed by atoms with Gasteiger partial charge in [-0.25, -0.2) is 14.8 Å². The summed E-state index contributed by atoms with van der Waals surface area (Å²) >= 11 is 0. The van der Waals surface area contributed by atoms with Crippen molar-refractivity contribution < 1.29 is 23.9 Å². The number of imidazole rings is 2. The summed E-state index contributed by atoms with van der Waals surface area (Å²) < 4.78 is 10.1. The number of nitrogens with zero attached hydrogens (tertiary/aromatic N) is 4. The summed E-state index contributed by atoms with van der Waals surface area (Å²) in [5, 5.41) is 5.27. The first-order chi connectivity index (χ1) is 27.8. The summed E-state index contributed by atoms with van der Waals surface area (Å²) in [6.45, 7) is 4.23. The van der Waals surface area contributed by atoms with Crippen LogP contribution in [0.4, 0.5) is 4.79 Å². The van der Waals surface area contributed by atoms with E-state index in [0.29, 0.717) is 18.9 Å². The number of hydrogen-bond donors (Lipinski definition) is 4. The first-order valence-electron chi connectivity index (χ1n) is 19.8. The fraction of sp³-hybridized carbons (Fsp3) is 0.409. The second kappa shape index (κ2) is 19.3. The van der Waals surface area contributed by atoms with Crippen molar-refractivity contribution in [3.8, 4) is 33.6 Å². The summed E-state index contributed by atoms with van der Waals surface area (Å²) in [5.74, 6) is 3.98. The van der Waals surface area contributed by atoms with E-state index in [0.717, 1.165) is 75.5 Å². The number of aromatic nitrogens is 5. The zero-order valence-corrected chi connectivity index (χ0v) is 34.5. The van der Waals surface area contributed by atoms with Crippen molar-refractivity contribution in [2.75, 3.05) is 20.8 Å². The Morgan fingerprint density at radius 3 is 2.03 bits per heavy atom. The number of rotatable bonds is 12. The maximum atomic E-state index is 13.5. The van der Waals surface area contributed by atoms with Crippen LogP contribution in [0.5, 0.6) is 0 Å². The number of carbonyl (C=O) groups excluding carboxylic acids is 3. The van der Waals surface area contributed by atoms with Gasteiger partial charge in [0.25, 0.3) is 0 Å². The third kappa shape index (κ3) is 9.45. The topological polar surface area (TPSA) is 167 Å². The molecular weight excluding hydrogens is 753 g/mol. The third-order valence-electron chi connectivity index (χ3n) is 11.9. The number of methoxy groups -OCH3 is 2. The molecule has 7 atom stereocenters. The number of carbonyl (C=O) groups is 3. The normalized spacial score (nSPS) is 20.9. The molecule has 1 saturated heterocycles. The Bertz CT molecular complexity index is 2110. The largest absolute Gasteiger partial charge is 0.453 e. The van der Waals surface area contributed by atoms with Crippen molar-refractivity contribution in [3.63, 3.8) is 0 Å². The highest BCUT2D eigenvalue weighted by Gasteiger charge is 2.42. The van der Waals surface area contributed by atoms with Gasteiger partial charge in [-0.3, -0.25) is 14.6 Å². The number of alkyl carbamates (subject to hydrolysis) is 1. The van der Waals surface area contributed by atoms with E-state index in [9.17, 15) is 14.4 Å². The van der Waals surface area contributed by atoms with Crippen LogP contribution >= 0.6 is 13.5 Å². The van der Waals surface area contributed by atoms with Gasteiger partial charge in [-0.15, -0.1) is 0 Å². The van der Waals surface area contributed by atoms with Crippen LogP contribution in [0.1, 0.15) is 87.6 Å². The Labute approximate surface area is 346 Å². The highest BCUT2D eigenvalue weighted by atomic mass is 32.1. The summed E-state index contributed by atoms with van der Waals surface area (Å²) in [7, 11) is 2.79. The molecular formula is C44H54N8O5S. The number of nitrogens with one attached hydrogen (secondary N) is 4.